The predicted molar refractivity (Wildman–Crippen MR) is 121 cm³/mol. The molecular weight excluding hydrogens is 410 g/mol. The summed E-state index contributed by atoms with van der Waals surface area (Å²) in [6.07, 6.45) is 1.61. The highest BCUT2D eigenvalue weighted by Gasteiger charge is 2.76. The first-order chi connectivity index (χ1) is 14.6. The van der Waals surface area contributed by atoms with Crippen molar-refractivity contribution in [1.29, 1.82) is 0 Å². The summed E-state index contributed by atoms with van der Waals surface area (Å²) in [6.45, 7) is 13.8. The van der Waals surface area contributed by atoms with E-state index in [9.17, 15) is 19.8 Å². The zero-order chi connectivity index (χ0) is 24.3. The van der Waals surface area contributed by atoms with Gasteiger partial charge < -0.3 is 24.6 Å². The minimum Gasteiger partial charge on any atom is -0.462 e. The molecule has 0 spiro atoms. The molecule has 3 aliphatic rings. The fraction of sp³-hybridized carbons (Fsp3) is 0.840. The quantitative estimate of drug-likeness (QED) is 0.490. The Bertz CT molecular complexity index is 795. The van der Waals surface area contributed by atoms with Crippen molar-refractivity contribution in [3.63, 3.8) is 0 Å². The summed E-state index contributed by atoms with van der Waals surface area (Å²) >= 11 is 0. The first-order valence-corrected chi connectivity index (χ1v) is 11.7. The molecule has 7 heteroatoms. The van der Waals surface area contributed by atoms with Crippen molar-refractivity contribution >= 4 is 11.8 Å². The summed E-state index contributed by atoms with van der Waals surface area (Å²) < 4.78 is 12.2. The highest BCUT2D eigenvalue weighted by Crippen LogP contribution is 2.66. The van der Waals surface area contributed by atoms with Crippen LogP contribution < -0.4 is 0 Å². The van der Waals surface area contributed by atoms with Gasteiger partial charge in [0.25, 0.3) is 0 Å². The molecule has 2 saturated carbocycles. The van der Waals surface area contributed by atoms with Crippen LogP contribution in [0.3, 0.4) is 0 Å². The summed E-state index contributed by atoms with van der Waals surface area (Å²) in [5, 5.41) is 23.6. The van der Waals surface area contributed by atoms with E-state index in [1.807, 2.05) is 46.7 Å². The van der Waals surface area contributed by atoms with E-state index in [2.05, 4.69) is 6.58 Å². The van der Waals surface area contributed by atoms with Crippen LogP contribution in [0.25, 0.3) is 0 Å². The molecule has 0 aromatic heterocycles. The van der Waals surface area contributed by atoms with Crippen molar-refractivity contribution < 1.29 is 29.3 Å². The van der Waals surface area contributed by atoms with Crippen LogP contribution in [-0.2, 0) is 19.1 Å². The summed E-state index contributed by atoms with van der Waals surface area (Å²) in [6, 6.07) is 0. The number of nitrogens with zero attached hydrogens (tertiary/aromatic N) is 1. The monoisotopic (exact) mass is 451 g/mol. The average Bonchev–Trinajstić information content (AvgIpc) is 2.67. The zero-order valence-corrected chi connectivity index (χ0v) is 20.7. The molecule has 0 radical (unpaired) electrons. The maximum atomic E-state index is 13.6. The lowest BCUT2D eigenvalue weighted by molar-refractivity contribution is -0.332. The van der Waals surface area contributed by atoms with E-state index in [1.54, 1.807) is 13.0 Å². The molecular formula is C25H41NO6. The van der Waals surface area contributed by atoms with Gasteiger partial charge in [0.2, 0.25) is 0 Å². The molecule has 7 atom stereocenters. The number of carbonyl (C=O) groups excluding carboxylic acids is 2. The molecule has 1 heterocycles. The van der Waals surface area contributed by atoms with Crippen LogP contribution in [0, 0.1) is 16.7 Å². The minimum atomic E-state index is -1.86. The number of esters is 1. The average molecular weight is 452 g/mol. The Morgan fingerprint density at radius 1 is 1.28 bits per heavy atom. The second-order valence-electron chi connectivity index (χ2n) is 11.6. The molecule has 2 N–H and O–H groups in total. The van der Waals surface area contributed by atoms with Crippen molar-refractivity contribution in [2.24, 2.45) is 16.7 Å². The van der Waals surface area contributed by atoms with Crippen LogP contribution >= 0.6 is 0 Å². The number of rotatable bonds is 5. The van der Waals surface area contributed by atoms with Gasteiger partial charge in [-0.15, -0.1) is 6.58 Å². The van der Waals surface area contributed by atoms with Crippen molar-refractivity contribution in [2.75, 3.05) is 20.6 Å². The fourth-order valence-electron chi connectivity index (χ4n) is 6.88. The van der Waals surface area contributed by atoms with E-state index < -0.39 is 39.8 Å². The van der Waals surface area contributed by atoms with Crippen LogP contribution in [0.4, 0.5) is 0 Å². The zero-order valence-electron chi connectivity index (χ0n) is 20.7. The van der Waals surface area contributed by atoms with Gasteiger partial charge in [-0.05, 0) is 46.7 Å². The van der Waals surface area contributed by atoms with Gasteiger partial charge in [0.15, 0.2) is 11.4 Å². The van der Waals surface area contributed by atoms with Gasteiger partial charge in [-0.25, -0.2) is 0 Å². The Morgan fingerprint density at radius 3 is 2.47 bits per heavy atom. The molecule has 0 aromatic carbocycles. The van der Waals surface area contributed by atoms with Crippen LogP contribution in [0.1, 0.15) is 66.7 Å². The molecule has 0 bridgehead atoms. The first kappa shape index (κ1) is 25.3. The lowest BCUT2D eigenvalue weighted by Gasteiger charge is -2.69. The Balaban J connectivity index is 1.96. The number of hydrogen-bond donors (Lipinski definition) is 2. The molecule has 1 saturated heterocycles. The number of aliphatic hydroxyl groups excluding tert-OH is 1. The smallest absolute Gasteiger partial charge is 0.307 e. The van der Waals surface area contributed by atoms with Crippen LogP contribution in [-0.4, -0.2) is 76.5 Å². The van der Waals surface area contributed by atoms with Gasteiger partial charge >= 0.3 is 5.97 Å². The highest BCUT2D eigenvalue weighted by molar-refractivity contribution is 5.92. The molecule has 2 aliphatic carbocycles. The number of aliphatic hydroxyl groups is 2. The Kier molecular flexibility index (Phi) is 6.25. The molecule has 32 heavy (non-hydrogen) atoms. The van der Waals surface area contributed by atoms with E-state index in [-0.39, 0.29) is 36.9 Å². The van der Waals surface area contributed by atoms with Crippen LogP contribution in [0.2, 0.25) is 0 Å². The largest absolute Gasteiger partial charge is 0.462 e. The maximum absolute atomic E-state index is 13.6. The van der Waals surface area contributed by atoms with E-state index in [4.69, 9.17) is 9.47 Å². The molecule has 7 nitrogen and oxygen atoms in total. The Morgan fingerprint density at radius 2 is 1.91 bits per heavy atom. The van der Waals surface area contributed by atoms with E-state index in [0.717, 1.165) is 0 Å². The van der Waals surface area contributed by atoms with Crippen molar-refractivity contribution in [1.82, 2.24) is 4.90 Å². The summed E-state index contributed by atoms with van der Waals surface area (Å²) in [5.74, 6) is -0.869. The van der Waals surface area contributed by atoms with Gasteiger partial charge in [0.05, 0.1) is 18.1 Å². The van der Waals surface area contributed by atoms with E-state index in [1.165, 1.54) is 0 Å². The lowest BCUT2D eigenvalue weighted by Crippen LogP contribution is -2.81. The van der Waals surface area contributed by atoms with Gasteiger partial charge in [0.1, 0.15) is 11.7 Å². The fourth-order valence-corrected chi connectivity index (χ4v) is 6.88. The molecule has 0 aromatic rings. The van der Waals surface area contributed by atoms with Gasteiger partial charge in [-0.2, -0.15) is 0 Å². The Labute approximate surface area is 192 Å². The second kappa shape index (κ2) is 7.90. The number of Topliss-reactive ketones (excluding diaryl/α,β-unsaturated/α-hetero) is 1. The second-order valence-corrected chi connectivity index (χ2v) is 11.6. The number of fused-ring (bicyclic) bond motifs is 3. The topological polar surface area (TPSA) is 96.3 Å². The highest BCUT2D eigenvalue weighted by atomic mass is 16.6. The third kappa shape index (κ3) is 3.47. The molecule has 0 amide bonds. The number of carbonyl (C=O) groups is 2. The summed E-state index contributed by atoms with van der Waals surface area (Å²) in [7, 11) is 3.79. The molecule has 182 valence electrons. The molecule has 2 unspecified atom stereocenters. The standard InChI is InChI=1S/C25H41NO6/c1-9-22(4)15-18(28)25(30)23(5,32-22)12-10-16-21(2,3)19(14-17(27)24(16,25)6)31-20(29)11-13-26(7)8/h9,16-17,19,27,30H,1,10-15H2,2-8H3/t16-,17?,19?,22-,23+,24+,25+/m0/s1. The van der Waals surface area contributed by atoms with Gasteiger partial charge in [-0.1, -0.05) is 26.8 Å². The normalized spacial score (nSPS) is 45.7. The van der Waals surface area contributed by atoms with Crippen molar-refractivity contribution in [3.8, 4) is 0 Å². The van der Waals surface area contributed by atoms with Crippen LogP contribution in [0.5, 0.6) is 0 Å². The lowest BCUT2D eigenvalue weighted by atomic mass is 9.40. The SMILES string of the molecule is C=C[C@@]1(C)CC(=O)[C@@]2(O)[C@@](C)(CC[C@H]3C(C)(C)C(OC(=O)CCN(C)C)CC(O)[C@@]32C)O1. The summed E-state index contributed by atoms with van der Waals surface area (Å²) in [5.41, 5.74) is -5.56. The van der Waals surface area contributed by atoms with Gasteiger partial charge in [-0.3, -0.25) is 9.59 Å². The first-order valence-electron chi connectivity index (χ1n) is 11.7. The van der Waals surface area contributed by atoms with Gasteiger partial charge in [0, 0.05) is 30.2 Å². The minimum absolute atomic E-state index is 0.000991. The molecule has 3 fully saturated rings. The van der Waals surface area contributed by atoms with Crippen molar-refractivity contribution in [3.05, 3.63) is 12.7 Å². The predicted octanol–water partition coefficient (Wildman–Crippen LogP) is 2.48. The molecule has 1 aliphatic heterocycles. The van der Waals surface area contributed by atoms with E-state index in [0.29, 0.717) is 19.4 Å². The number of hydrogen-bond acceptors (Lipinski definition) is 7. The Hall–Kier alpha value is -1.28. The van der Waals surface area contributed by atoms with E-state index >= 15 is 0 Å². The number of ether oxygens (including phenoxy) is 2. The van der Waals surface area contributed by atoms with Crippen LogP contribution in [0.15, 0.2) is 12.7 Å². The summed E-state index contributed by atoms with van der Waals surface area (Å²) in [4.78, 5) is 28.0. The maximum Gasteiger partial charge on any atom is 0.307 e. The third-order valence-electron chi connectivity index (χ3n) is 8.88. The third-order valence-corrected chi connectivity index (χ3v) is 8.88. The molecule has 3 rings (SSSR count). The van der Waals surface area contributed by atoms with Crippen molar-refractivity contribution in [2.45, 2.75) is 95.7 Å². The number of ketones is 1.